The highest BCUT2D eigenvalue weighted by Crippen LogP contribution is 2.29. The maximum absolute atomic E-state index is 11.8. The van der Waals surface area contributed by atoms with E-state index in [-0.39, 0.29) is 11.6 Å². The molecule has 1 saturated carbocycles. The molecule has 0 saturated heterocycles. The van der Waals surface area contributed by atoms with Gasteiger partial charge in [0.05, 0.1) is 22.9 Å². The van der Waals surface area contributed by atoms with Crippen LogP contribution in [0.5, 0.6) is 0 Å². The molecule has 0 heterocycles. The van der Waals surface area contributed by atoms with Crippen LogP contribution in [0.1, 0.15) is 29.6 Å². The van der Waals surface area contributed by atoms with E-state index in [0.717, 1.165) is 12.8 Å². The van der Waals surface area contributed by atoms with E-state index in [2.05, 4.69) is 10.1 Å². The van der Waals surface area contributed by atoms with Crippen molar-refractivity contribution in [2.75, 3.05) is 18.7 Å². The van der Waals surface area contributed by atoms with Gasteiger partial charge in [-0.1, -0.05) is 11.6 Å². The molecule has 0 amide bonds. The summed E-state index contributed by atoms with van der Waals surface area (Å²) in [5.74, 6) is -0.519. The fourth-order valence-electron chi connectivity index (χ4n) is 2.70. The number of ether oxygens (including phenoxy) is 1. The lowest BCUT2D eigenvalue weighted by atomic mass is 10.1. The minimum absolute atomic E-state index is 0.147. The monoisotopic (exact) mass is 331 g/mol. The Labute approximate surface area is 129 Å². The van der Waals surface area contributed by atoms with Gasteiger partial charge in [0.2, 0.25) is 0 Å². The quantitative estimate of drug-likeness (QED) is 0.858. The van der Waals surface area contributed by atoms with Crippen LogP contribution < -0.4 is 5.32 Å². The molecule has 1 aliphatic carbocycles. The Morgan fingerprint density at radius 1 is 1.38 bits per heavy atom. The van der Waals surface area contributed by atoms with Crippen LogP contribution >= 0.6 is 11.6 Å². The largest absolute Gasteiger partial charge is 0.465 e. The topological polar surface area (TPSA) is 72.5 Å². The number of hydrogen-bond donors (Lipinski definition) is 1. The van der Waals surface area contributed by atoms with Gasteiger partial charge in [-0.2, -0.15) is 0 Å². The van der Waals surface area contributed by atoms with Crippen LogP contribution in [0.3, 0.4) is 0 Å². The Hall–Kier alpha value is -1.27. The highest BCUT2D eigenvalue weighted by atomic mass is 35.5. The number of esters is 1. The van der Waals surface area contributed by atoms with Crippen molar-refractivity contribution >= 4 is 33.1 Å². The number of anilines is 1. The van der Waals surface area contributed by atoms with E-state index in [4.69, 9.17) is 11.6 Å². The minimum atomic E-state index is -3.09. The smallest absolute Gasteiger partial charge is 0.339 e. The van der Waals surface area contributed by atoms with Gasteiger partial charge in [0.25, 0.3) is 0 Å². The molecular weight excluding hydrogens is 314 g/mol. The van der Waals surface area contributed by atoms with Crippen LogP contribution in [0.4, 0.5) is 5.69 Å². The first-order valence-corrected chi connectivity index (χ1v) is 8.99. The number of halogens is 1. The normalized spacial score (nSPS) is 22.0. The molecule has 2 unspecified atom stereocenters. The molecule has 7 heteroatoms. The van der Waals surface area contributed by atoms with Crippen molar-refractivity contribution < 1.29 is 17.9 Å². The number of nitrogens with one attached hydrogen (secondary N) is 1. The van der Waals surface area contributed by atoms with E-state index in [1.165, 1.54) is 13.4 Å². The molecule has 21 heavy (non-hydrogen) atoms. The van der Waals surface area contributed by atoms with Crippen LogP contribution in [0.2, 0.25) is 5.02 Å². The summed E-state index contributed by atoms with van der Waals surface area (Å²) in [5, 5.41) is 3.11. The maximum atomic E-state index is 11.8. The number of carbonyl (C=O) groups excluding carboxylic acids is 1. The van der Waals surface area contributed by atoms with Crippen LogP contribution in [-0.4, -0.2) is 39.0 Å². The third-order valence-electron chi connectivity index (χ3n) is 3.73. The Balaban J connectivity index is 2.22. The molecule has 0 aliphatic heterocycles. The van der Waals surface area contributed by atoms with Crippen molar-refractivity contribution in [1.29, 1.82) is 0 Å². The lowest BCUT2D eigenvalue weighted by molar-refractivity contribution is 0.0601. The molecule has 0 spiro atoms. The molecule has 0 bridgehead atoms. The van der Waals surface area contributed by atoms with Crippen molar-refractivity contribution in [3.63, 3.8) is 0 Å². The van der Waals surface area contributed by atoms with Crippen molar-refractivity contribution in [3.8, 4) is 0 Å². The highest BCUT2D eigenvalue weighted by molar-refractivity contribution is 7.91. The van der Waals surface area contributed by atoms with Crippen molar-refractivity contribution in [2.24, 2.45) is 0 Å². The summed E-state index contributed by atoms with van der Waals surface area (Å²) < 4.78 is 28.2. The summed E-state index contributed by atoms with van der Waals surface area (Å²) in [6, 6.07) is 4.77. The molecule has 1 aliphatic rings. The first-order valence-electron chi connectivity index (χ1n) is 6.66. The summed E-state index contributed by atoms with van der Waals surface area (Å²) >= 11 is 5.96. The average Bonchev–Trinajstić information content (AvgIpc) is 2.88. The Bertz CT molecular complexity index is 644. The molecule has 0 aromatic heterocycles. The number of benzene rings is 1. The zero-order valence-corrected chi connectivity index (χ0v) is 13.5. The summed E-state index contributed by atoms with van der Waals surface area (Å²) in [7, 11) is -1.80. The number of sulfone groups is 1. The highest BCUT2D eigenvalue weighted by Gasteiger charge is 2.34. The van der Waals surface area contributed by atoms with Gasteiger partial charge in [0.1, 0.15) is 0 Å². The predicted molar refractivity (Wildman–Crippen MR) is 82.7 cm³/mol. The average molecular weight is 332 g/mol. The standard InChI is InChI=1S/C14H18ClNO4S/c1-20-14(17)10-8-9(6-7-11(10)15)16-12-4-3-5-13(12)21(2,18)19/h6-8,12-13,16H,3-5H2,1-2H3. The van der Waals surface area contributed by atoms with Crippen LogP contribution in [0.25, 0.3) is 0 Å². The van der Waals surface area contributed by atoms with Gasteiger partial charge in [0.15, 0.2) is 9.84 Å². The first kappa shape index (κ1) is 16.1. The lowest BCUT2D eigenvalue weighted by Crippen LogP contribution is -2.34. The molecule has 0 radical (unpaired) electrons. The van der Waals surface area contributed by atoms with Gasteiger partial charge < -0.3 is 10.1 Å². The van der Waals surface area contributed by atoms with Crippen LogP contribution in [-0.2, 0) is 14.6 Å². The predicted octanol–water partition coefficient (Wildman–Crippen LogP) is 2.50. The molecule has 2 atom stereocenters. The molecule has 2 rings (SSSR count). The molecule has 116 valence electrons. The zero-order chi connectivity index (χ0) is 15.6. The molecule has 1 N–H and O–H groups in total. The zero-order valence-electron chi connectivity index (χ0n) is 11.9. The van der Waals surface area contributed by atoms with Gasteiger partial charge in [0, 0.05) is 18.0 Å². The van der Waals surface area contributed by atoms with Gasteiger partial charge in [-0.3, -0.25) is 0 Å². The fourth-order valence-corrected chi connectivity index (χ4v) is 4.29. The number of carbonyl (C=O) groups is 1. The SMILES string of the molecule is COC(=O)c1cc(NC2CCCC2S(C)(=O)=O)ccc1Cl. The second-order valence-corrected chi connectivity index (χ2v) is 7.91. The van der Waals surface area contributed by atoms with Crippen LogP contribution in [0, 0.1) is 0 Å². The van der Waals surface area contributed by atoms with E-state index in [9.17, 15) is 13.2 Å². The Morgan fingerprint density at radius 2 is 2.10 bits per heavy atom. The summed E-state index contributed by atoms with van der Waals surface area (Å²) in [5.41, 5.74) is 0.929. The first-order chi connectivity index (χ1) is 9.82. The van der Waals surface area contributed by atoms with E-state index in [0.29, 0.717) is 17.1 Å². The Morgan fingerprint density at radius 3 is 2.71 bits per heavy atom. The number of methoxy groups -OCH3 is 1. The molecule has 1 aromatic carbocycles. The number of hydrogen-bond acceptors (Lipinski definition) is 5. The van der Waals surface area contributed by atoms with Gasteiger partial charge in [-0.15, -0.1) is 0 Å². The number of rotatable bonds is 4. The summed E-state index contributed by atoms with van der Waals surface area (Å²) in [4.78, 5) is 11.6. The lowest BCUT2D eigenvalue weighted by Gasteiger charge is -2.21. The molecular formula is C14H18ClNO4S. The second kappa shape index (κ2) is 6.23. The van der Waals surface area contributed by atoms with Gasteiger partial charge in [-0.05, 0) is 37.5 Å². The molecule has 5 nitrogen and oxygen atoms in total. The van der Waals surface area contributed by atoms with E-state index in [1.54, 1.807) is 18.2 Å². The van der Waals surface area contributed by atoms with Gasteiger partial charge >= 0.3 is 5.97 Å². The minimum Gasteiger partial charge on any atom is -0.465 e. The van der Waals surface area contributed by atoms with Gasteiger partial charge in [-0.25, -0.2) is 13.2 Å². The van der Waals surface area contributed by atoms with Crippen molar-refractivity contribution in [2.45, 2.75) is 30.6 Å². The molecule has 1 fully saturated rings. The summed E-state index contributed by atoms with van der Waals surface area (Å²) in [6.45, 7) is 0. The van der Waals surface area contributed by atoms with E-state index < -0.39 is 21.1 Å². The van der Waals surface area contributed by atoms with Crippen LogP contribution in [0.15, 0.2) is 18.2 Å². The molecule has 1 aromatic rings. The van der Waals surface area contributed by atoms with Crippen molar-refractivity contribution in [1.82, 2.24) is 0 Å². The Kier molecular flexibility index (Phi) is 4.78. The third-order valence-corrected chi connectivity index (χ3v) is 5.72. The van der Waals surface area contributed by atoms with E-state index >= 15 is 0 Å². The maximum Gasteiger partial charge on any atom is 0.339 e. The van der Waals surface area contributed by atoms with Crippen molar-refractivity contribution in [3.05, 3.63) is 28.8 Å². The fraction of sp³-hybridized carbons (Fsp3) is 0.500. The third kappa shape index (κ3) is 3.68. The second-order valence-electron chi connectivity index (χ2n) is 5.24. The van der Waals surface area contributed by atoms with E-state index in [1.807, 2.05) is 0 Å². The summed E-state index contributed by atoms with van der Waals surface area (Å²) in [6.07, 6.45) is 3.58.